The number of benzene rings is 1. The highest BCUT2D eigenvalue weighted by Crippen LogP contribution is 2.33. The van der Waals surface area contributed by atoms with Crippen LogP contribution in [0.1, 0.15) is 22.0 Å². The molecule has 0 aliphatic carbocycles. The van der Waals surface area contributed by atoms with Gasteiger partial charge in [0.05, 0.1) is 10.6 Å². The molecule has 0 bridgehead atoms. The van der Waals surface area contributed by atoms with Crippen molar-refractivity contribution in [3.63, 3.8) is 0 Å². The third-order valence-corrected chi connectivity index (χ3v) is 5.75. The standard InChI is InChI=1S/C19H20N4OS/c20-10-14-11-23(12-15(14)13-5-2-1-3-6-13)19(24)17-9-16(21-22-17)18-7-4-8-25-18/h1-9,14-15H,10-12,20H2,(H,21,22)/t14-,15+/m1/s1. The van der Waals surface area contributed by atoms with Crippen molar-refractivity contribution in [1.29, 1.82) is 0 Å². The molecule has 0 unspecified atom stereocenters. The molecule has 0 saturated carbocycles. The quantitative estimate of drug-likeness (QED) is 0.758. The van der Waals surface area contributed by atoms with Crippen molar-refractivity contribution in [2.24, 2.45) is 11.7 Å². The SMILES string of the molecule is NC[C@@H]1CN(C(=O)c2cc(-c3cccs3)[nH]n2)C[C@H]1c1ccccc1. The first-order valence-electron chi connectivity index (χ1n) is 8.40. The van der Waals surface area contributed by atoms with Crippen LogP contribution in [0.2, 0.25) is 0 Å². The molecule has 6 heteroatoms. The number of nitrogens with one attached hydrogen (secondary N) is 1. The van der Waals surface area contributed by atoms with Gasteiger partial charge in [-0.1, -0.05) is 36.4 Å². The minimum atomic E-state index is -0.0315. The van der Waals surface area contributed by atoms with Crippen LogP contribution >= 0.6 is 11.3 Å². The molecular weight excluding hydrogens is 332 g/mol. The second-order valence-corrected chi connectivity index (χ2v) is 7.31. The van der Waals surface area contributed by atoms with Crippen LogP contribution < -0.4 is 5.73 Å². The van der Waals surface area contributed by atoms with Gasteiger partial charge in [-0.2, -0.15) is 5.10 Å². The lowest BCUT2D eigenvalue weighted by Gasteiger charge is -2.16. The molecule has 3 aromatic rings. The molecule has 1 amide bonds. The molecule has 1 aliphatic rings. The third kappa shape index (κ3) is 3.10. The molecule has 3 heterocycles. The van der Waals surface area contributed by atoms with E-state index >= 15 is 0 Å². The fraction of sp³-hybridized carbons (Fsp3) is 0.263. The Bertz CT molecular complexity index is 843. The maximum atomic E-state index is 12.9. The Labute approximate surface area is 150 Å². The number of nitrogens with zero attached hydrogens (tertiary/aromatic N) is 2. The molecule has 1 aliphatic heterocycles. The summed E-state index contributed by atoms with van der Waals surface area (Å²) in [5, 5.41) is 9.20. The predicted octanol–water partition coefficient (Wildman–Crippen LogP) is 2.95. The van der Waals surface area contributed by atoms with Crippen LogP contribution in [0.3, 0.4) is 0 Å². The van der Waals surface area contributed by atoms with Gasteiger partial charge in [0.2, 0.25) is 0 Å². The molecule has 2 atom stereocenters. The number of carbonyl (C=O) groups excluding carboxylic acids is 1. The molecule has 5 nitrogen and oxygen atoms in total. The van der Waals surface area contributed by atoms with E-state index in [0.29, 0.717) is 25.3 Å². The van der Waals surface area contributed by atoms with E-state index in [1.54, 1.807) is 11.3 Å². The summed E-state index contributed by atoms with van der Waals surface area (Å²) in [7, 11) is 0. The number of rotatable bonds is 4. The minimum Gasteiger partial charge on any atom is -0.336 e. The van der Waals surface area contributed by atoms with E-state index < -0.39 is 0 Å². The summed E-state index contributed by atoms with van der Waals surface area (Å²) >= 11 is 1.62. The first-order chi connectivity index (χ1) is 12.3. The number of nitrogens with two attached hydrogens (primary N) is 1. The highest BCUT2D eigenvalue weighted by Gasteiger charge is 2.36. The zero-order chi connectivity index (χ0) is 17.2. The molecule has 1 fully saturated rings. The Kier molecular flexibility index (Phi) is 4.38. The summed E-state index contributed by atoms with van der Waals surface area (Å²) < 4.78 is 0. The topological polar surface area (TPSA) is 75.0 Å². The summed E-state index contributed by atoms with van der Waals surface area (Å²) in [6, 6.07) is 16.1. The first kappa shape index (κ1) is 16.1. The second-order valence-electron chi connectivity index (χ2n) is 6.37. The molecule has 128 valence electrons. The average molecular weight is 352 g/mol. The maximum Gasteiger partial charge on any atom is 0.274 e. The smallest absolute Gasteiger partial charge is 0.274 e. The van der Waals surface area contributed by atoms with Crippen molar-refractivity contribution < 1.29 is 4.79 Å². The zero-order valence-corrected chi connectivity index (χ0v) is 14.6. The van der Waals surface area contributed by atoms with Crippen LogP contribution in [0.15, 0.2) is 53.9 Å². The van der Waals surface area contributed by atoms with Gasteiger partial charge >= 0.3 is 0 Å². The predicted molar refractivity (Wildman–Crippen MR) is 99.5 cm³/mol. The number of carbonyl (C=O) groups is 1. The van der Waals surface area contributed by atoms with Gasteiger partial charge in [-0.15, -0.1) is 11.3 Å². The van der Waals surface area contributed by atoms with Gasteiger partial charge in [0.25, 0.3) is 5.91 Å². The molecule has 0 spiro atoms. The van der Waals surface area contributed by atoms with Gasteiger partial charge in [-0.05, 0) is 35.5 Å². The van der Waals surface area contributed by atoms with Crippen molar-refractivity contribution in [2.45, 2.75) is 5.92 Å². The lowest BCUT2D eigenvalue weighted by atomic mass is 9.89. The Morgan fingerprint density at radius 2 is 2.08 bits per heavy atom. The van der Waals surface area contributed by atoms with Crippen LogP contribution in [0, 0.1) is 5.92 Å². The number of hydrogen-bond donors (Lipinski definition) is 2. The fourth-order valence-corrected chi connectivity index (χ4v) is 4.20. The molecule has 1 aromatic carbocycles. The summed E-state index contributed by atoms with van der Waals surface area (Å²) in [4.78, 5) is 15.8. The van der Waals surface area contributed by atoms with Crippen molar-refractivity contribution in [1.82, 2.24) is 15.1 Å². The van der Waals surface area contributed by atoms with Gasteiger partial charge < -0.3 is 10.6 Å². The van der Waals surface area contributed by atoms with Crippen molar-refractivity contribution in [3.8, 4) is 10.6 Å². The number of hydrogen-bond acceptors (Lipinski definition) is 4. The van der Waals surface area contributed by atoms with Gasteiger partial charge in [-0.3, -0.25) is 9.89 Å². The number of thiophene rings is 1. The molecule has 1 saturated heterocycles. The highest BCUT2D eigenvalue weighted by atomic mass is 32.1. The van der Waals surface area contributed by atoms with Gasteiger partial charge in [0.1, 0.15) is 0 Å². The zero-order valence-electron chi connectivity index (χ0n) is 13.8. The van der Waals surface area contributed by atoms with Crippen LogP contribution in [0.4, 0.5) is 0 Å². The Morgan fingerprint density at radius 1 is 1.24 bits per heavy atom. The molecule has 3 N–H and O–H groups in total. The maximum absolute atomic E-state index is 12.9. The summed E-state index contributed by atoms with van der Waals surface area (Å²) in [6.45, 7) is 1.94. The van der Waals surface area contributed by atoms with Crippen LogP contribution in [-0.2, 0) is 0 Å². The van der Waals surface area contributed by atoms with Crippen molar-refractivity contribution in [2.75, 3.05) is 19.6 Å². The van der Waals surface area contributed by atoms with Gasteiger partial charge in [0, 0.05) is 19.0 Å². The number of H-pyrrole nitrogens is 1. The molecule has 25 heavy (non-hydrogen) atoms. The number of aromatic nitrogens is 2. The largest absolute Gasteiger partial charge is 0.336 e. The highest BCUT2D eigenvalue weighted by molar-refractivity contribution is 7.13. The van der Waals surface area contributed by atoms with E-state index in [-0.39, 0.29) is 17.7 Å². The number of likely N-dealkylation sites (tertiary alicyclic amines) is 1. The van der Waals surface area contributed by atoms with E-state index in [9.17, 15) is 4.79 Å². The lowest BCUT2D eigenvalue weighted by Crippen LogP contribution is -2.30. The number of aromatic amines is 1. The first-order valence-corrected chi connectivity index (χ1v) is 9.28. The summed E-state index contributed by atoms with van der Waals surface area (Å²) in [5.74, 6) is 0.531. The van der Waals surface area contributed by atoms with Crippen molar-refractivity contribution in [3.05, 3.63) is 65.2 Å². The van der Waals surface area contributed by atoms with Crippen LogP contribution in [0.5, 0.6) is 0 Å². The van der Waals surface area contributed by atoms with E-state index in [2.05, 4.69) is 22.3 Å². The lowest BCUT2D eigenvalue weighted by molar-refractivity contribution is 0.0780. The van der Waals surface area contributed by atoms with Gasteiger partial charge in [-0.25, -0.2) is 0 Å². The number of amides is 1. The van der Waals surface area contributed by atoms with E-state index in [4.69, 9.17) is 5.73 Å². The van der Waals surface area contributed by atoms with Crippen LogP contribution in [-0.4, -0.2) is 40.6 Å². The minimum absolute atomic E-state index is 0.0315. The van der Waals surface area contributed by atoms with E-state index in [0.717, 1.165) is 10.6 Å². The average Bonchev–Trinajstić information content (AvgIpc) is 3.41. The van der Waals surface area contributed by atoms with Crippen molar-refractivity contribution >= 4 is 17.2 Å². The Morgan fingerprint density at radius 3 is 2.80 bits per heavy atom. The van der Waals surface area contributed by atoms with Crippen LogP contribution in [0.25, 0.3) is 10.6 Å². The van der Waals surface area contributed by atoms with E-state index in [1.165, 1.54) is 5.56 Å². The van der Waals surface area contributed by atoms with Gasteiger partial charge in [0.15, 0.2) is 5.69 Å². The monoisotopic (exact) mass is 352 g/mol. The fourth-order valence-electron chi connectivity index (χ4n) is 3.51. The second kappa shape index (κ2) is 6.82. The normalized spacial score (nSPS) is 20.1. The van der Waals surface area contributed by atoms with E-state index in [1.807, 2.05) is 46.7 Å². The summed E-state index contributed by atoms with van der Waals surface area (Å²) in [6.07, 6.45) is 0. The Balaban J connectivity index is 1.53. The molecule has 4 rings (SSSR count). The molecule has 2 aromatic heterocycles. The summed E-state index contributed by atoms with van der Waals surface area (Å²) in [5.41, 5.74) is 8.57. The third-order valence-electron chi connectivity index (χ3n) is 4.84. The Hall–Kier alpha value is -2.44. The molecule has 0 radical (unpaired) electrons. The molecular formula is C19H20N4OS.